The predicted octanol–water partition coefficient (Wildman–Crippen LogP) is 2.31. The summed E-state index contributed by atoms with van der Waals surface area (Å²) in [4.78, 5) is 2.65. The fourth-order valence-corrected chi connectivity index (χ4v) is 2.23. The second-order valence-electron chi connectivity index (χ2n) is 2.53. The highest BCUT2D eigenvalue weighted by molar-refractivity contribution is 7.13. The molecule has 0 saturated heterocycles. The van der Waals surface area contributed by atoms with Gasteiger partial charge in [0.2, 0.25) is 0 Å². The van der Waals surface area contributed by atoms with Crippen molar-refractivity contribution in [3.05, 3.63) is 22.1 Å². The van der Waals surface area contributed by atoms with Crippen LogP contribution in [-0.4, -0.2) is 10.2 Å². The Morgan fingerprint density at radius 1 is 1.00 bits per heavy atom. The molecule has 0 aromatic carbocycles. The molecule has 0 fully saturated rings. The van der Waals surface area contributed by atoms with Crippen molar-refractivity contribution in [2.24, 2.45) is 0 Å². The second-order valence-corrected chi connectivity index (χ2v) is 3.96. The van der Waals surface area contributed by atoms with Gasteiger partial charge < -0.3 is 0 Å². The van der Waals surface area contributed by atoms with Crippen molar-refractivity contribution in [1.29, 1.82) is 0 Å². The molecule has 0 unspecified atom stereocenters. The molecule has 2 aromatic heterocycles. The topological polar surface area (TPSA) is 25.8 Å². The van der Waals surface area contributed by atoms with Gasteiger partial charge in [-0.3, -0.25) is 0 Å². The van der Waals surface area contributed by atoms with Gasteiger partial charge in [0.25, 0.3) is 0 Å². The molecule has 0 atom stereocenters. The van der Waals surface area contributed by atoms with Gasteiger partial charge in [0, 0.05) is 20.5 Å². The van der Waals surface area contributed by atoms with Crippen LogP contribution in [0.4, 0.5) is 0 Å². The van der Waals surface area contributed by atoms with Gasteiger partial charge in [-0.15, -0.1) is 11.3 Å². The zero-order valence-electron chi connectivity index (χ0n) is 6.46. The molecule has 2 aromatic rings. The van der Waals surface area contributed by atoms with Gasteiger partial charge in [0.05, 0.1) is 12.4 Å². The minimum atomic E-state index is 1.24. The largest absolute Gasteiger partial charge is 0.158 e. The molecule has 56 valence electrons. The lowest BCUT2D eigenvalue weighted by Gasteiger charge is -1.86. The molecule has 0 spiro atoms. The first kappa shape index (κ1) is 6.73. The molecule has 0 saturated carbocycles. The molecule has 2 heterocycles. The first-order valence-corrected chi connectivity index (χ1v) is 4.27. The van der Waals surface area contributed by atoms with E-state index in [4.69, 9.17) is 0 Å². The monoisotopic (exact) mass is 164 g/mol. The third-order valence-electron chi connectivity index (χ3n) is 1.80. The molecule has 0 aliphatic heterocycles. The third kappa shape index (κ3) is 0.922. The van der Waals surface area contributed by atoms with Crippen LogP contribution < -0.4 is 0 Å². The lowest BCUT2D eigenvalue weighted by Crippen LogP contribution is -1.77. The molecule has 3 heteroatoms. The van der Waals surface area contributed by atoms with E-state index in [2.05, 4.69) is 24.0 Å². The van der Waals surface area contributed by atoms with Crippen LogP contribution >= 0.6 is 11.3 Å². The molecule has 0 aliphatic carbocycles. The smallest absolute Gasteiger partial charge is 0.0585 e. The van der Waals surface area contributed by atoms with Crippen molar-refractivity contribution in [3.8, 4) is 0 Å². The van der Waals surface area contributed by atoms with Crippen LogP contribution in [-0.2, 0) is 0 Å². The van der Waals surface area contributed by atoms with Gasteiger partial charge in [-0.1, -0.05) is 0 Å². The van der Waals surface area contributed by atoms with Crippen molar-refractivity contribution in [2.45, 2.75) is 13.8 Å². The summed E-state index contributed by atoms with van der Waals surface area (Å²) >= 11 is 1.80. The van der Waals surface area contributed by atoms with Crippen LogP contribution in [0.25, 0.3) is 10.8 Å². The highest BCUT2D eigenvalue weighted by Gasteiger charge is 2.03. The summed E-state index contributed by atoms with van der Waals surface area (Å²) in [5.74, 6) is 0. The Bertz CT molecular complexity index is 356. The molecule has 2 nitrogen and oxygen atoms in total. The Morgan fingerprint density at radius 3 is 1.91 bits per heavy atom. The van der Waals surface area contributed by atoms with Crippen molar-refractivity contribution in [2.75, 3.05) is 0 Å². The van der Waals surface area contributed by atoms with Crippen LogP contribution in [0.1, 0.15) is 9.75 Å². The molecular formula is C8H8N2S. The van der Waals surface area contributed by atoms with E-state index in [0.29, 0.717) is 0 Å². The molecule has 2 rings (SSSR count). The van der Waals surface area contributed by atoms with Crippen molar-refractivity contribution >= 4 is 22.1 Å². The Hall–Kier alpha value is -0.960. The highest BCUT2D eigenvalue weighted by Crippen LogP contribution is 2.27. The molecule has 0 amide bonds. The molecule has 0 bridgehead atoms. The number of hydrogen-bond acceptors (Lipinski definition) is 3. The number of hydrogen-bond donors (Lipinski definition) is 0. The van der Waals surface area contributed by atoms with Gasteiger partial charge in [-0.05, 0) is 13.8 Å². The lowest BCUT2D eigenvalue weighted by molar-refractivity contribution is 1.05. The minimum absolute atomic E-state index is 1.24. The maximum absolute atomic E-state index is 3.84. The van der Waals surface area contributed by atoms with Crippen molar-refractivity contribution in [3.63, 3.8) is 0 Å². The fraction of sp³-hybridized carbons (Fsp3) is 0.250. The van der Waals surface area contributed by atoms with E-state index in [1.807, 2.05) is 12.4 Å². The third-order valence-corrected chi connectivity index (χ3v) is 2.85. The minimum Gasteiger partial charge on any atom is -0.158 e. The number of aryl methyl sites for hydroxylation is 2. The quantitative estimate of drug-likeness (QED) is 0.597. The summed E-state index contributed by atoms with van der Waals surface area (Å²) < 4.78 is 0. The SMILES string of the molecule is Cc1sc(C)c2cnncc12. The number of rotatable bonds is 0. The summed E-state index contributed by atoms with van der Waals surface area (Å²) in [5, 5.41) is 10.2. The van der Waals surface area contributed by atoms with E-state index < -0.39 is 0 Å². The first-order valence-electron chi connectivity index (χ1n) is 3.45. The van der Waals surface area contributed by atoms with E-state index >= 15 is 0 Å². The molecule has 0 N–H and O–H groups in total. The number of aromatic nitrogens is 2. The Morgan fingerprint density at radius 2 is 1.45 bits per heavy atom. The maximum Gasteiger partial charge on any atom is 0.0585 e. The first-order chi connectivity index (χ1) is 5.29. The average Bonchev–Trinajstić information content (AvgIpc) is 2.30. The van der Waals surface area contributed by atoms with Crippen molar-refractivity contribution < 1.29 is 0 Å². The van der Waals surface area contributed by atoms with E-state index in [-0.39, 0.29) is 0 Å². The Labute approximate surface area is 68.9 Å². The van der Waals surface area contributed by atoms with E-state index in [1.165, 1.54) is 20.5 Å². The summed E-state index contributed by atoms with van der Waals surface area (Å²) in [7, 11) is 0. The average molecular weight is 164 g/mol. The maximum atomic E-state index is 3.84. The fourth-order valence-electron chi connectivity index (χ4n) is 1.22. The van der Waals surface area contributed by atoms with Gasteiger partial charge in [-0.2, -0.15) is 10.2 Å². The van der Waals surface area contributed by atoms with Crippen LogP contribution in [0, 0.1) is 13.8 Å². The summed E-state index contributed by atoms with van der Waals surface area (Å²) in [5.41, 5.74) is 0. The Balaban J connectivity index is 2.95. The number of nitrogens with zero attached hydrogens (tertiary/aromatic N) is 2. The van der Waals surface area contributed by atoms with Crippen molar-refractivity contribution in [1.82, 2.24) is 10.2 Å². The van der Waals surface area contributed by atoms with Crippen LogP contribution in [0.5, 0.6) is 0 Å². The molecular weight excluding hydrogens is 156 g/mol. The Kier molecular flexibility index (Phi) is 1.39. The van der Waals surface area contributed by atoms with E-state index in [9.17, 15) is 0 Å². The molecule has 0 radical (unpaired) electrons. The molecule has 0 aliphatic rings. The van der Waals surface area contributed by atoms with Crippen LogP contribution in [0.15, 0.2) is 12.4 Å². The number of fused-ring (bicyclic) bond motifs is 1. The van der Waals surface area contributed by atoms with E-state index in [0.717, 1.165) is 0 Å². The zero-order chi connectivity index (χ0) is 7.84. The number of thiophene rings is 1. The van der Waals surface area contributed by atoms with Gasteiger partial charge in [0.1, 0.15) is 0 Å². The lowest BCUT2D eigenvalue weighted by atomic mass is 10.2. The standard InChI is InChI=1S/C8H8N2S/c1-5-7-3-9-10-4-8(7)6(2)11-5/h3-4H,1-2H3. The summed E-state index contributed by atoms with van der Waals surface area (Å²) in [6.07, 6.45) is 3.66. The zero-order valence-corrected chi connectivity index (χ0v) is 7.27. The summed E-state index contributed by atoms with van der Waals surface area (Å²) in [6, 6.07) is 0. The summed E-state index contributed by atoms with van der Waals surface area (Å²) in [6.45, 7) is 4.23. The van der Waals surface area contributed by atoms with Crippen LogP contribution in [0.2, 0.25) is 0 Å². The van der Waals surface area contributed by atoms with Gasteiger partial charge >= 0.3 is 0 Å². The molecule has 11 heavy (non-hydrogen) atoms. The van der Waals surface area contributed by atoms with Gasteiger partial charge in [-0.25, -0.2) is 0 Å². The van der Waals surface area contributed by atoms with Gasteiger partial charge in [0.15, 0.2) is 0 Å². The van der Waals surface area contributed by atoms with Crippen LogP contribution in [0.3, 0.4) is 0 Å². The predicted molar refractivity (Wildman–Crippen MR) is 46.9 cm³/mol. The normalized spacial score (nSPS) is 10.7. The highest BCUT2D eigenvalue weighted by atomic mass is 32.1. The second kappa shape index (κ2) is 2.27. The van der Waals surface area contributed by atoms with E-state index in [1.54, 1.807) is 11.3 Å².